The highest BCUT2D eigenvalue weighted by atomic mass is 35.5. The second-order valence-electron chi connectivity index (χ2n) is 6.81. The molecule has 0 radical (unpaired) electrons. The van der Waals surface area contributed by atoms with Gasteiger partial charge in [0, 0.05) is 25.2 Å². The van der Waals surface area contributed by atoms with Gasteiger partial charge in [0.1, 0.15) is 0 Å². The minimum Gasteiger partial charge on any atom is -0.382 e. The lowest BCUT2D eigenvalue weighted by molar-refractivity contribution is -0.134. The van der Waals surface area contributed by atoms with Gasteiger partial charge in [0.2, 0.25) is 5.91 Å². The van der Waals surface area contributed by atoms with Crippen molar-refractivity contribution in [3.63, 3.8) is 0 Å². The van der Waals surface area contributed by atoms with Crippen LogP contribution in [0.2, 0.25) is 5.02 Å². The van der Waals surface area contributed by atoms with E-state index in [1.807, 2.05) is 0 Å². The van der Waals surface area contributed by atoms with Gasteiger partial charge >= 0.3 is 0 Å². The van der Waals surface area contributed by atoms with Crippen LogP contribution in [0.15, 0.2) is 29.2 Å². The summed E-state index contributed by atoms with van der Waals surface area (Å²) >= 11 is 5.85. The van der Waals surface area contributed by atoms with E-state index >= 15 is 0 Å². The van der Waals surface area contributed by atoms with Crippen LogP contribution >= 0.6 is 11.6 Å². The lowest BCUT2D eigenvalue weighted by atomic mass is 10.1. The highest BCUT2D eigenvalue weighted by Gasteiger charge is 2.62. The monoisotopic (exact) mass is 401 g/mol. The van der Waals surface area contributed by atoms with Crippen molar-refractivity contribution in [2.75, 3.05) is 33.4 Å². The molecule has 8 heteroatoms. The van der Waals surface area contributed by atoms with Crippen LogP contribution < -0.4 is 0 Å². The van der Waals surface area contributed by atoms with Crippen LogP contribution in [0.25, 0.3) is 0 Å². The van der Waals surface area contributed by atoms with E-state index in [9.17, 15) is 13.2 Å². The number of hydrogen-bond donors (Lipinski definition) is 0. The number of nitrogens with zero attached hydrogens (tertiary/aromatic N) is 1. The molecule has 0 N–H and O–H groups in total. The number of sulfone groups is 1. The summed E-state index contributed by atoms with van der Waals surface area (Å²) in [5, 5.41) is 0.468. The summed E-state index contributed by atoms with van der Waals surface area (Å²) in [5.41, 5.74) is 0. The average molecular weight is 402 g/mol. The Kier molecular flexibility index (Phi) is 5.91. The van der Waals surface area contributed by atoms with Crippen LogP contribution in [0.5, 0.6) is 0 Å². The van der Waals surface area contributed by atoms with Gasteiger partial charge in [-0.1, -0.05) is 11.6 Å². The average Bonchev–Trinajstić information content (AvgIpc) is 3.45. The Morgan fingerprint density at radius 1 is 1.19 bits per heavy atom. The topological polar surface area (TPSA) is 72.9 Å². The second-order valence-corrected chi connectivity index (χ2v) is 9.50. The maximum absolute atomic E-state index is 13.0. The molecule has 26 heavy (non-hydrogen) atoms. The van der Waals surface area contributed by atoms with Gasteiger partial charge in [0.15, 0.2) is 14.6 Å². The zero-order valence-corrected chi connectivity index (χ0v) is 16.4. The van der Waals surface area contributed by atoms with Crippen molar-refractivity contribution in [3.8, 4) is 0 Å². The first-order chi connectivity index (χ1) is 12.4. The fourth-order valence-electron chi connectivity index (χ4n) is 3.36. The van der Waals surface area contributed by atoms with Crippen LogP contribution in [0.1, 0.15) is 25.7 Å². The first-order valence-corrected chi connectivity index (χ1v) is 10.7. The fraction of sp³-hybridized carbons (Fsp3) is 0.611. The summed E-state index contributed by atoms with van der Waals surface area (Å²) in [5.74, 6) is -0.275. The smallest absolute Gasteiger partial charge is 0.244 e. The number of halogens is 1. The quantitative estimate of drug-likeness (QED) is 0.655. The number of benzene rings is 1. The lowest BCUT2D eigenvalue weighted by Gasteiger charge is -2.34. The molecule has 0 unspecified atom stereocenters. The van der Waals surface area contributed by atoms with Crippen molar-refractivity contribution < 1.29 is 22.7 Å². The Labute approximate surface area is 159 Å². The largest absolute Gasteiger partial charge is 0.382 e. The standard InChI is InChI=1S/C18H24ClNO5S/c1-24-12-13-25-15-6-10-20(11-7-15)17(21)18(8-9-18)26(22,23)16-4-2-14(19)3-5-16/h2-5,15H,6-13H2,1H3. The first kappa shape index (κ1) is 19.6. The summed E-state index contributed by atoms with van der Waals surface area (Å²) in [6, 6.07) is 6.03. The number of methoxy groups -OCH3 is 1. The number of hydrogen-bond acceptors (Lipinski definition) is 5. The van der Waals surface area contributed by atoms with Crippen molar-refractivity contribution in [2.24, 2.45) is 0 Å². The van der Waals surface area contributed by atoms with E-state index < -0.39 is 14.6 Å². The normalized spacial score (nSPS) is 20.2. The second kappa shape index (κ2) is 7.84. The van der Waals surface area contributed by atoms with Crippen LogP contribution in [-0.2, 0) is 24.1 Å². The molecule has 1 aliphatic carbocycles. The van der Waals surface area contributed by atoms with Gasteiger partial charge < -0.3 is 14.4 Å². The Hall–Kier alpha value is -1.15. The van der Waals surface area contributed by atoms with Gasteiger partial charge in [-0.15, -0.1) is 0 Å². The molecule has 1 aromatic carbocycles. The van der Waals surface area contributed by atoms with Gasteiger partial charge in [0.25, 0.3) is 0 Å². The van der Waals surface area contributed by atoms with E-state index in [1.54, 1.807) is 12.0 Å². The van der Waals surface area contributed by atoms with Gasteiger partial charge in [-0.3, -0.25) is 4.79 Å². The molecule has 2 fully saturated rings. The molecule has 0 atom stereocenters. The summed E-state index contributed by atoms with van der Waals surface area (Å²) in [6.45, 7) is 2.12. The fourth-order valence-corrected chi connectivity index (χ4v) is 5.43. The zero-order valence-electron chi connectivity index (χ0n) is 14.8. The SMILES string of the molecule is COCCOC1CCN(C(=O)C2(S(=O)(=O)c3ccc(Cl)cc3)CC2)CC1. The minimum absolute atomic E-state index is 0.0947. The van der Waals surface area contributed by atoms with Crippen molar-refractivity contribution >= 4 is 27.3 Å². The molecule has 1 amide bonds. The Morgan fingerprint density at radius 3 is 2.35 bits per heavy atom. The predicted octanol–water partition coefficient (Wildman–Crippen LogP) is 2.30. The Balaban J connectivity index is 1.65. The molecule has 144 valence electrons. The van der Waals surface area contributed by atoms with Crippen molar-refractivity contribution in [3.05, 3.63) is 29.3 Å². The van der Waals surface area contributed by atoms with Crippen molar-refractivity contribution in [2.45, 2.75) is 41.4 Å². The summed E-state index contributed by atoms with van der Waals surface area (Å²) in [6.07, 6.45) is 2.28. The summed E-state index contributed by atoms with van der Waals surface area (Å²) in [7, 11) is -2.10. The number of ether oxygens (including phenoxy) is 2. The molecule has 0 bridgehead atoms. The van der Waals surface area contributed by atoms with Crippen LogP contribution in [0.4, 0.5) is 0 Å². The van der Waals surface area contributed by atoms with Crippen LogP contribution in [-0.4, -0.2) is 63.5 Å². The molecule has 0 spiro atoms. The van der Waals surface area contributed by atoms with E-state index in [1.165, 1.54) is 24.3 Å². The molecule has 1 aromatic rings. The molecule has 1 saturated carbocycles. The van der Waals surface area contributed by atoms with Gasteiger partial charge in [-0.05, 0) is 49.9 Å². The number of carbonyl (C=O) groups excluding carboxylic acids is 1. The van der Waals surface area contributed by atoms with Gasteiger partial charge in [0.05, 0.1) is 24.2 Å². The molecule has 3 rings (SSSR count). The number of carbonyl (C=O) groups is 1. The van der Waals surface area contributed by atoms with E-state index in [4.69, 9.17) is 21.1 Å². The number of amides is 1. The molecule has 0 aromatic heterocycles. The third kappa shape index (κ3) is 3.76. The molecular formula is C18H24ClNO5S. The summed E-state index contributed by atoms with van der Waals surface area (Å²) < 4.78 is 35.4. The van der Waals surface area contributed by atoms with Crippen LogP contribution in [0.3, 0.4) is 0 Å². The van der Waals surface area contributed by atoms with Gasteiger partial charge in [-0.25, -0.2) is 8.42 Å². The third-order valence-electron chi connectivity index (χ3n) is 5.10. The highest BCUT2D eigenvalue weighted by Crippen LogP contribution is 2.48. The van der Waals surface area contributed by atoms with E-state index in [0.717, 1.165) is 0 Å². The first-order valence-electron chi connectivity index (χ1n) is 8.81. The number of piperidine rings is 1. The Bertz CT molecular complexity index is 737. The molecule has 1 aliphatic heterocycles. The maximum Gasteiger partial charge on any atom is 0.244 e. The van der Waals surface area contributed by atoms with Crippen LogP contribution in [0, 0.1) is 0 Å². The minimum atomic E-state index is -3.72. The molecule has 2 aliphatic rings. The highest BCUT2D eigenvalue weighted by molar-refractivity contribution is 7.94. The van der Waals surface area contributed by atoms with Crippen molar-refractivity contribution in [1.29, 1.82) is 0 Å². The number of likely N-dealkylation sites (tertiary alicyclic amines) is 1. The van der Waals surface area contributed by atoms with E-state index in [0.29, 0.717) is 57.0 Å². The molecular weight excluding hydrogens is 378 g/mol. The van der Waals surface area contributed by atoms with Crippen molar-refractivity contribution in [1.82, 2.24) is 4.90 Å². The molecule has 1 saturated heterocycles. The Morgan fingerprint density at radius 2 is 1.81 bits per heavy atom. The predicted molar refractivity (Wildman–Crippen MR) is 98.0 cm³/mol. The molecule has 1 heterocycles. The lowest BCUT2D eigenvalue weighted by Crippen LogP contribution is -2.49. The summed E-state index contributed by atoms with van der Waals surface area (Å²) in [4.78, 5) is 14.8. The maximum atomic E-state index is 13.0. The number of rotatable bonds is 7. The van der Waals surface area contributed by atoms with Gasteiger partial charge in [-0.2, -0.15) is 0 Å². The third-order valence-corrected chi connectivity index (χ3v) is 7.86. The molecule has 6 nitrogen and oxygen atoms in total. The van der Waals surface area contributed by atoms with E-state index in [-0.39, 0.29) is 16.9 Å². The van der Waals surface area contributed by atoms with E-state index in [2.05, 4.69) is 0 Å². The zero-order chi connectivity index (χ0) is 18.8.